The highest BCUT2D eigenvalue weighted by Crippen LogP contribution is 2.16. The highest BCUT2D eigenvalue weighted by molar-refractivity contribution is 6.45. The second-order valence-corrected chi connectivity index (χ2v) is 3.71. The molecular formula is C12H14N6O. The fraction of sp³-hybridized carbons (Fsp3) is 0.167. The van der Waals surface area contributed by atoms with E-state index in [0.717, 1.165) is 5.56 Å². The molecule has 1 aromatic rings. The van der Waals surface area contributed by atoms with Gasteiger partial charge >= 0.3 is 0 Å². The van der Waals surface area contributed by atoms with Gasteiger partial charge < -0.3 is 11.1 Å². The van der Waals surface area contributed by atoms with Gasteiger partial charge in [0.25, 0.3) is 5.91 Å². The van der Waals surface area contributed by atoms with Crippen LogP contribution in [0.3, 0.4) is 0 Å². The second kappa shape index (κ2) is 6.16. The minimum absolute atomic E-state index is 0.181. The molecule has 1 aromatic carbocycles. The number of nitrogens with zero attached hydrogens (tertiary/aromatic N) is 2. The summed E-state index contributed by atoms with van der Waals surface area (Å²) in [4.78, 5) is 11.4. The Hall–Kier alpha value is -2.88. The van der Waals surface area contributed by atoms with E-state index in [9.17, 15) is 4.79 Å². The largest absolute Gasteiger partial charge is 0.382 e. The van der Waals surface area contributed by atoms with E-state index in [4.69, 9.17) is 16.4 Å². The zero-order valence-electron chi connectivity index (χ0n) is 10.6. The summed E-state index contributed by atoms with van der Waals surface area (Å²) in [7, 11) is 1.56. The van der Waals surface area contributed by atoms with Crippen molar-refractivity contribution in [2.75, 3.05) is 12.5 Å². The smallest absolute Gasteiger partial charge is 0.251 e. The predicted octanol–water partition coefficient (Wildman–Crippen LogP) is 0.582. The van der Waals surface area contributed by atoms with Crippen LogP contribution in [0.25, 0.3) is 0 Å². The number of anilines is 1. The molecule has 0 aliphatic carbocycles. The van der Waals surface area contributed by atoms with Gasteiger partial charge in [-0.2, -0.15) is 10.4 Å². The van der Waals surface area contributed by atoms with Crippen LogP contribution in [-0.4, -0.2) is 24.5 Å². The molecule has 19 heavy (non-hydrogen) atoms. The number of rotatable bonds is 4. The van der Waals surface area contributed by atoms with E-state index in [2.05, 4.69) is 15.8 Å². The van der Waals surface area contributed by atoms with Crippen molar-refractivity contribution >= 4 is 23.1 Å². The Morgan fingerprint density at radius 1 is 1.53 bits per heavy atom. The van der Waals surface area contributed by atoms with E-state index < -0.39 is 5.84 Å². The summed E-state index contributed by atoms with van der Waals surface area (Å²) >= 11 is 0. The van der Waals surface area contributed by atoms with E-state index in [0.29, 0.717) is 11.3 Å². The third-order valence-corrected chi connectivity index (χ3v) is 2.36. The number of amides is 1. The zero-order chi connectivity index (χ0) is 14.4. The molecule has 5 N–H and O–H groups in total. The number of carbonyl (C=O) groups excluding carboxylic acids is 1. The maximum absolute atomic E-state index is 11.4. The van der Waals surface area contributed by atoms with Gasteiger partial charge in [0.2, 0.25) is 5.71 Å². The number of nitrogens with two attached hydrogens (primary N) is 1. The van der Waals surface area contributed by atoms with E-state index in [1.807, 2.05) is 0 Å². The first kappa shape index (κ1) is 14.2. The number of aryl methyl sites for hydroxylation is 1. The fourth-order valence-electron chi connectivity index (χ4n) is 1.34. The van der Waals surface area contributed by atoms with E-state index in [1.54, 1.807) is 38.2 Å². The number of carbonyl (C=O) groups is 1. The van der Waals surface area contributed by atoms with Crippen molar-refractivity contribution in [2.45, 2.75) is 6.92 Å². The molecule has 0 spiro atoms. The molecule has 0 bridgehead atoms. The number of amidine groups is 1. The van der Waals surface area contributed by atoms with Crippen molar-refractivity contribution in [3.8, 4) is 6.07 Å². The summed E-state index contributed by atoms with van der Waals surface area (Å²) in [5.41, 5.74) is 9.55. The quantitative estimate of drug-likeness (QED) is 0.358. The molecule has 0 fully saturated rings. The highest BCUT2D eigenvalue weighted by Gasteiger charge is 2.06. The number of nitrogens with one attached hydrogen (secondary N) is 3. The minimum atomic E-state index is -0.408. The van der Waals surface area contributed by atoms with Crippen molar-refractivity contribution < 1.29 is 4.79 Å². The Labute approximate surface area is 110 Å². The SMILES string of the molecule is CNC(=O)c1ccc(N/N=C(\C#N)C(=N)N)c(C)c1. The Bertz CT molecular complexity index is 584. The van der Waals surface area contributed by atoms with E-state index in [1.165, 1.54) is 0 Å². The summed E-state index contributed by atoms with van der Waals surface area (Å²) in [6.07, 6.45) is 0. The summed E-state index contributed by atoms with van der Waals surface area (Å²) in [5.74, 6) is -0.589. The van der Waals surface area contributed by atoms with E-state index >= 15 is 0 Å². The first-order valence-corrected chi connectivity index (χ1v) is 5.40. The molecule has 98 valence electrons. The average Bonchev–Trinajstić information content (AvgIpc) is 2.39. The average molecular weight is 258 g/mol. The fourth-order valence-corrected chi connectivity index (χ4v) is 1.34. The van der Waals surface area contributed by atoms with Crippen molar-refractivity contribution in [3.05, 3.63) is 29.3 Å². The van der Waals surface area contributed by atoms with Gasteiger partial charge in [-0.3, -0.25) is 15.6 Å². The molecule has 7 nitrogen and oxygen atoms in total. The van der Waals surface area contributed by atoms with Gasteiger partial charge in [0.15, 0.2) is 5.84 Å². The Morgan fingerprint density at radius 3 is 2.68 bits per heavy atom. The van der Waals surface area contributed by atoms with Crippen LogP contribution in [0.1, 0.15) is 15.9 Å². The molecule has 0 saturated carbocycles. The zero-order valence-corrected chi connectivity index (χ0v) is 10.6. The predicted molar refractivity (Wildman–Crippen MR) is 73.2 cm³/mol. The molecule has 0 atom stereocenters. The lowest BCUT2D eigenvalue weighted by Crippen LogP contribution is -2.22. The van der Waals surface area contributed by atoms with Crippen molar-refractivity contribution in [2.24, 2.45) is 10.8 Å². The molecule has 7 heteroatoms. The summed E-state index contributed by atoms with van der Waals surface area (Å²) < 4.78 is 0. The monoisotopic (exact) mass is 258 g/mol. The lowest BCUT2D eigenvalue weighted by Gasteiger charge is -2.07. The molecule has 0 saturated heterocycles. The molecule has 1 amide bonds. The summed E-state index contributed by atoms with van der Waals surface area (Å²) in [6, 6.07) is 6.69. The number of hydrogen-bond acceptors (Lipinski definition) is 5. The highest BCUT2D eigenvalue weighted by atomic mass is 16.1. The molecule has 0 heterocycles. The first-order chi connectivity index (χ1) is 8.99. The normalized spacial score (nSPS) is 10.5. The van der Waals surface area contributed by atoms with Gasteiger partial charge in [-0.1, -0.05) is 0 Å². The van der Waals surface area contributed by atoms with Crippen LogP contribution >= 0.6 is 0 Å². The van der Waals surface area contributed by atoms with Crippen molar-refractivity contribution in [1.29, 1.82) is 10.7 Å². The van der Waals surface area contributed by atoms with E-state index in [-0.39, 0.29) is 11.6 Å². The van der Waals surface area contributed by atoms with Gasteiger partial charge in [0.05, 0.1) is 5.69 Å². The van der Waals surface area contributed by atoms with Gasteiger partial charge in [0.1, 0.15) is 6.07 Å². The van der Waals surface area contributed by atoms with Gasteiger partial charge in [-0.05, 0) is 30.7 Å². The van der Waals surface area contributed by atoms with Crippen LogP contribution in [-0.2, 0) is 0 Å². The Morgan fingerprint density at radius 2 is 2.21 bits per heavy atom. The molecule has 1 rings (SSSR count). The first-order valence-electron chi connectivity index (χ1n) is 5.40. The molecular weight excluding hydrogens is 244 g/mol. The third kappa shape index (κ3) is 3.54. The summed E-state index contributed by atoms with van der Waals surface area (Å²) in [5, 5.41) is 22.1. The van der Waals surface area contributed by atoms with Crippen LogP contribution in [0.4, 0.5) is 5.69 Å². The molecule has 0 aromatic heterocycles. The van der Waals surface area contributed by atoms with Crippen LogP contribution in [0.2, 0.25) is 0 Å². The van der Waals surface area contributed by atoms with Crippen molar-refractivity contribution in [1.82, 2.24) is 5.32 Å². The lowest BCUT2D eigenvalue weighted by molar-refractivity contribution is 0.0963. The molecule has 0 aliphatic rings. The summed E-state index contributed by atoms with van der Waals surface area (Å²) in [6.45, 7) is 1.80. The Kier molecular flexibility index (Phi) is 4.60. The molecule has 0 radical (unpaired) electrons. The van der Waals surface area contributed by atoms with Crippen LogP contribution in [0.15, 0.2) is 23.3 Å². The second-order valence-electron chi connectivity index (χ2n) is 3.71. The number of hydrazone groups is 1. The topological polar surface area (TPSA) is 127 Å². The third-order valence-electron chi connectivity index (χ3n) is 2.36. The van der Waals surface area contributed by atoms with Gasteiger partial charge in [-0.15, -0.1) is 0 Å². The minimum Gasteiger partial charge on any atom is -0.382 e. The van der Waals surface area contributed by atoms with Crippen molar-refractivity contribution in [3.63, 3.8) is 0 Å². The van der Waals surface area contributed by atoms with Crippen LogP contribution in [0, 0.1) is 23.7 Å². The lowest BCUT2D eigenvalue weighted by atomic mass is 10.1. The van der Waals surface area contributed by atoms with Gasteiger partial charge in [0, 0.05) is 12.6 Å². The van der Waals surface area contributed by atoms with Gasteiger partial charge in [-0.25, -0.2) is 0 Å². The maximum atomic E-state index is 11.4. The van der Waals surface area contributed by atoms with Crippen LogP contribution in [0.5, 0.6) is 0 Å². The Balaban J connectivity index is 2.96. The maximum Gasteiger partial charge on any atom is 0.251 e. The van der Waals surface area contributed by atoms with Crippen LogP contribution < -0.4 is 16.5 Å². The number of hydrogen-bond donors (Lipinski definition) is 4. The molecule has 0 unspecified atom stereocenters. The number of benzene rings is 1. The number of nitriles is 1. The standard InChI is InChI=1S/C12H14N6O/c1-7-5-8(12(19)16-2)3-4-9(7)17-18-10(6-13)11(14)15/h3-5,17H,1-2H3,(H3,14,15)(H,16,19)/b18-10+. The molecule has 0 aliphatic heterocycles.